The van der Waals surface area contributed by atoms with Gasteiger partial charge in [0, 0.05) is 29.6 Å². The zero-order valence-corrected chi connectivity index (χ0v) is 17.7. The van der Waals surface area contributed by atoms with Crippen LogP contribution in [-0.2, 0) is 23.0 Å². The minimum atomic E-state index is -3.32. The second-order valence-corrected chi connectivity index (χ2v) is 9.89. The van der Waals surface area contributed by atoms with Crippen LogP contribution in [0.5, 0.6) is 0 Å². The van der Waals surface area contributed by atoms with Crippen LogP contribution in [0.15, 0.2) is 42.7 Å². The quantitative estimate of drug-likeness (QED) is 0.781. The van der Waals surface area contributed by atoms with E-state index in [0.717, 1.165) is 38.3 Å². The molecule has 0 saturated carbocycles. The maximum atomic E-state index is 13.0. The van der Waals surface area contributed by atoms with Crippen molar-refractivity contribution in [3.8, 4) is 0 Å². The molecule has 3 heterocycles. The van der Waals surface area contributed by atoms with E-state index in [2.05, 4.69) is 4.98 Å². The van der Waals surface area contributed by atoms with Crippen LogP contribution in [0.1, 0.15) is 28.4 Å². The van der Waals surface area contributed by atoms with E-state index in [9.17, 15) is 13.2 Å². The number of hydrogen-bond acceptors (Lipinski definition) is 4. The topological polar surface area (TPSA) is 75.0 Å². The Morgan fingerprint density at radius 1 is 1.17 bits per heavy atom. The molecule has 2 aliphatic rings. The van der Waals surface area contributed by atoms with E-state index in [1.807, 2.05) is 42.4 Å². The van der Waals surface area contributed by atoms with Gasteiger partial charge >= 0.3 is 0 Å². The highest BCUT2D eigenvalue weighted by Gasteiger charge is 2.33. The number of rotatable bonds is 4. The van der Waals surface area contributed by atoms with Gasteiger partial charge in [0.2, 0.25) is 10.0 Å². The SMILES string of the molecule is C[C@H]1Cc2cc(C(=O)N3CC[NH+](Cc4ccncc4)CC3)ccc2N1S(C)(=O)=O. The molecule has 1 aromatic carbocycles. The van der Waals surface area contributed by atoms with Gasteiger partial charge in [-0.2, -0.15) is 0 Å². The van der Waals surface area contributed by atoms with Gasteiger partial charge in [0.25, 0.3) is 5.91 Å². The first-order chi connectivity index (χ1) is 13.8. The van der Waals surface area contributed by atoms with Crippen molar-refractivity contribution in [2.75, 3.05) is 36.7 Å². The monoisotopic (exact) mass is 415 g/mol. The zero-order chi connectivity index (χ0) is 20.6. The molecule has 8 heteroatoms. The summed E-state index contributed by atoms with van der Waals surface area (Å²) in [6.45, 7) is 6.12. The smallest absolute Gasteiger partial charge is 0.254 e. The highest BCUT2D eigenvalue weighted by molar-refractivity contribution is 7.92. The molecule has 1 saturated heterocycles. The molecule has 2 aromatic rings. The van der Waals surface area contributed by atoms with Crippen LogP contribution in [0.25, 0.3) is 0 Å². The van der Waals surface area contributed by atoms with Crippen molar-refractivity contribution >= 4 is 21.6 Å². The standard InChI is InChI=1S/C21H26N4O3S/c1-16-13-19-14-18(3-4-20(19)25(16)29(2,27)28)21(26)24-11-9-23(10-12-24)15-17-5-7-22-8-6-17/h3-8,14,16H,9-13,15H2,1-2H3/p+1/t16-/m0/s1. The first-order valence-electron chi connectivity index (χ1n) is 9.97. The molecule has 0 bridgehead atoms. The van der Waals surface area contributed by atoms with Gasteiger partial charge in [0.05, 0.1) is 38.1 Å². The number of amides is 1. The second-order valence-electron chi connectivity index (χ2n) is 8.03. The van der Waals surface area contributed by atoms with Crippen molar-refractivity contribution in [1.29, 1.82) is 0 Å². The Balaban J connectivity index is 1.42. The molecular formula is C21H27N4O3S+. The number of anilines is 1. The first kappa shape index (κ1) is 19.8. The molecule has 4 rings (SSSR count). The van der Waals surface area contributed by atoms with Gasteiger partial charge < -0.3 is 9.80 Å². The number of carbonyl (C=O) groups is 1. The number of fused-ring (bicyclic) bond motifs is 1. The summed E-state index contributed by atoms with van der Waals surface area (Å²) in [5, 5.41) is 0. The normalized spacial score (nSPS) is 20.0. The molecule has 0 spiro atoms. The fourth-order valence-electron chi connectivity index (χ4n) is 4.42. The number of sulfonamides is 1. The van der Waals surface area contributed by atoms with Crippen molar-refractivity contribution in [1.82, 2.24) is 9.88 Å². The Morgan fingerprint density at radius 3 is 2.52 bits per heavy atom. The van der Waals surface area contributed by atoms with Gasteiger partial charge in [-0.1, -0.05) is 0 Å². The largest absolute Gasteiger partial charge is 0.328 e. The molecule has 2 aliphatic heterocycles. The summed E-state index contributed by atoms with van der Waals surface area (Å²) in [7, 11) is -3.32. The van der Waals surface area contributed by atoms with Crippen LogP contribution in [0.4, 0.5) is 5.69 Å². The average Bonchev–Trinajstić information content (AvgIpc) is 3.04. The number of aromatic nitrogens is 1. The van der Waals surface area contributed by atoms with E-state index >= 15 is 0 Å². The average molecular weight is 416 g/mol. The third kappa shape index (κ3) is 4.13. The van der Waals surface area contributed by atoms with E-state index in [1.54, 1.807) is 12.1 Å². The summed E-state index contributed by atoms with van der Waals surface area (Å²) in [5.74, 6) is 0.0289. The fourth-order valence-corrected chi connectivity index (χ4v) is 5.68. The van der Waals surface area contributed by atoms with Gasteiger partial charge in [-0.15, -0.1) is 0 Å². The summed E-state index contributed by atoms with van der Waals surface area (Å²) in [6.07, 6.45) is 5.49. The van der Waals surface area contributed by atoms with E-state index in [-0.39, 0.29) is 11.9 Å². The van der Waals surface area contributed by atoms with E-state index < -0.39 is 10.0 Å². The van der Waals surface area contributed by atoms with Crippen LogP contribution < -0.4 is 9.21 Å². The van der Waals surface area contributed by atoms with Crippen molar-refractivity contribution in [3.63, 3.8) is 0 Å². The number of hydrogen-bond donors (Lipinski definition) is 1. The molecule has 0 radical (unpaired) electrons. The summed E-state index contributed by atoms with van der Waals surface area (Å²) >= 11 is 0. The molecule has 1 aromatic heterocycles. The lowest BCUT2D eigenvalue weighted by atomic mass is 10.1. The molecule has 1 fully saturated rings. The zero-order valence-electron chi connectivity index (χ0n) is 16.8. The number of piperazine rings is 1. The molecule has 154 valence electrons. The number of nitrogens with one attached hydrogen (secondary N) is 1. The molecule has 0 aliphatic carbocycles. The number of pyridine rings is 1. The Labute approximate surface area is 172 Å². The highest BCUT2D eigenvalue weighted by Crippen LogP contribution is 2.34. The Bertz CT molecular complexity index is 1000. The maximum Gasteiger partial charge on any atom is 0.254 e. The molecule has 1 atom stereocenters. The van der Waals surface area contributed by atoms with Crippen LogP contribution >= 0.6 is 0 Å². The van der Waals surface area contributed by atoms with Gasteiger partial charge in [0.1, 0.15) is 6.54 Å². The van der Waals surface area contributed by atoms with E-state index in [1.165, 1.54) is 21.0 Å². The molecular weight excluding hydrogens is 388 g/mol. The summed E-state index contributed by atoms with van der Waals surface area (Å²) < 4.78 is 25.6. The van der Waals surface area contributed by atoms with Crippen LogP contribution in [-0.4, -0.2) is 62.7 Å². The van der Waals surface area contributed by atoms with Crippen molar-refractivity contribution in [3.05, 3.63) is 59.4 Å². The minimum Gasteiger partial charge on any atom is -0.328 e. The van der Waals surface area contributed by atoms with E-state index in [0.29, 0.717) is 17.7 Å². The first-order valence-corrected chi connectivity index (χ1v) is 11.8. The Hall–Kier alpha value is -2.45. The van der Waals surface area contributed by atoms with Crippen LogP contribution in [0, 0.1) is 0 Å². The lowest BCUT2D eigenvalue weighted by Crippen LogP contribution is -3.13. The van der Waals surface area contributed by atoms with Gasteiger partial charge in [-0.3, -0.25) is 14.1 Å². The van der Waals surface area contributed by atoms with E-state index in [4.69, 9.17) is 0 Å². The van der Waals surface area contributed by atoms with Crippen molar-refractivity contribution in [2.24, 2.45) is 0 Å². The third-order valence-electron chi connectivity index (χ3n) is 5.80. The Kier molecular flexibility index (Phi) is 5.31. The highest BCUT2D eigenvalue weighted by atomic mass is 32.2. The molecule has 1 N–H and O–H groups in total. The number of benzene rings is 1. The van der Waals surface area contributed by atoms with Gasteiger partial charge in [-0.25, -0.2) is 8.42 Å². The lowest BCUT2D eigenvalue weighted by Gasteiger charge is -2.32. The van der Waals surface area contributed by atoms with Gasteiger partial charge in [-0.05, 0) is 49.2 Å². The predicted octanol–water partition coefficient (Wildman–Crippen LogP) is 0.333. The fraction of sp³-hybridized carbons (Fsp3) is 0.429. The van der Waals surface area contributed by atoms with Crippen LogP contribution in [0.3, 0.4) is 0 Å². The molecule has 0 unspecified atom stereocenters. The maximum absolute atomic E-state index is 13.0. The lowest BCUT2D eigenvalue weighted by molar-refractivity contribution is -0.917. The molecule has 7 nitrogen and oxygen atoms in total. The summed E-state index contributed by atoms with van der Waals surface area (Å²) in [4.78, 5) is 20.4. The minimum absolute atomic E-state index is 0.0289. The predicted molar refractivity (Wildman–Crippen MR) is 111 cm³/mol. The van der Waals surface area contributed by atoms with Crippen molar-refractivity contribution < 1.29 is 18.1 Å². The second kappa shape index (κ2) is 7.76. The van der Waals surface area contributed by atoms with Crippen LogP contribution in [0.2, 0.25) is 0 Å². The number of quaternary nitrogens is 1. The van der Waals surface area contributed by atoms with Crippen molar-refractivity contribution in [2.45, 2.75) is 25.9 Å². The molecule has 29 heavy (non-hydrogen) atoms. The number of carbonyl (C=O) groups excluding carboxylic acids is 1. The Morgan fingerprint density at radius 2 is 1.86 bits per heavy atom. The third-order valence-corrected chi connectivity index (χ3v) is 7.07. The summed E-state index contributed by atoms with van der Waals surface area (Å²) in [6, 6.07) is 9.36. The van der Waals surface area contributed by atoms with Gasteiger partial charge in [0.15, 0.2) is 0 Å². The number of nitrogens with zero attached hydrogens (tertiary/aromatic N) is 3. The summed E-state index contributed by atoms with van der Waals surface area (Å²) in [5.41, 5.74) is 3.53. The molecule has 1 amide bonds.